The Kier molecular flexibility index (Phi) is 3.35. The van der Waals surface area contributed by atoms with Crippen LogP contribution in [0.15, 0.2) is 41.1 Å². The second-order valence-corrected chi connectivity index (χ2v) is 5.54. The van der Waals surface area contributed by atoms with Crippen LogP contribution >= 0.6 is 11.3 Å². The maximum Gasteiger partial charge on any atom is 0.120 e. The molecule has 1 aromatic heterocycles. The zero-order valence-corrected chi connectivity index (χ0v) is 11.1. The molecule has 1 atom stereocenters. The van der Waals surface area contributed by atoms with Crippen molar-refractivity contribution in [3.05, 3.63) is 52.2 Å². The van der Waals surface area contributed by atoms with Gasteiger partial charge in [0.1, 0.15) is 5.75 Å². The van der Waals surface area contributed by atoms with Crippen LogP contribution in [0.3, 0.4) is 0 Å². The smallest absolute Gasteiger partial charge is 0.120 e. The number of benzene rings is 1. The van der Waals surface area contributed by atoms with E-state index in [1.54, 1.807) is 17.4 Å². The normalized spacial score (nSPS) is 18.0. The van der Waals surface area contributed by atoms with E-state index in [9.17, 15) is 5.11 Å². The predicted octanol–water partition coefficient (Wildman–Crippen LogP) is 3.64. The highest BCUT2D eigenvalue weighted by Gasteiger charge is 2.26. The summed E-state index contributed by atoms with van der Waals surface area (Å²) in [6.07, 6.45) is 2.52. The number of phenols is 1. The summed E-state index contributed by atoms with van der Waals surface area (Å²) in [6.45, 7) is 2.24. The Balaban J connectivity index is 2.02. The van der Waals surface area contributed by atoms with Crippen LogP contribution < -0.4 is 0 Å². The van der Waals surface area contributed by atoms with Crippen LogP contribution in [0.5, 0.6) is 5.75 Å². The fourth-order valence-electron chi connectivity index (χ4n) is 2.74. The monoisotopic (exact) mass is 259 g/mol. The van der Waals surface area contributed by atoms with Gasteiger partial charge in [-0.1, -0.05) is 18.2 Å². The lowest BCUT2D eigenvalue weighted by molar-refractivity contribution is 0.276. The zero-order valence-electron chi connectivity index (χ0n) is 10.2. The van der Waals surface area contributed by atoms with Crippen LogP contribution in [0.1, 0.15) is 30.0 Å². The van der Waals surface area contributed by atoms with Gasteiger partial charge in [-0.05, 0) is 54.4 Å². The number of rotatable bonds is 3. The average molecular weight is 259 g/mol. The van der Waals surface area contributed by atoms with Gasteiger partial charge in [-0.15, -0.1) is 0 Å². The average Bonchev–Trinajstić information content (AvgIpc) is 3.05. The lowest BCUT2D eigenvalue weighted by Gasteiger charge is -2.28. The van der Waals surface area contributed by atoms with Crippen LogP contribution in [0.4, 0.5) is 0 Å². The first-order chi connectivity index (χ1) is 8.86. The number of para-hydroxylation sites is 1. The minimum atomic E-state index is 0.208. The quantitative estimate of drug-likeness (QED) is 0.909. The van der Waals surface area contributed by atoms with Crippen LogP contribution in [0.25, 0.3) is 0 Å². The van der Waals surface area contributed by atoms with Crippen molar-refractivity contribution < 1.29 is 5.11 Å². The number of likely N-dealkylation sites (tertiary alicyclic amines) is 1. The van der Waals surface area contributed by atoms with Gasteiger partial charge in [-0.3, -0.25) is 4.90 Å². The molecule has 0 amide bonds. The van der Waals surface area contributed by atoms with E-state index >= 15 is 0 Å². The summed E-state index contributed by atoms with van der Waals surface area (Å²) in [5, 5.41) is 14.4. The van der Waals surface area contributed by atoms with Gasteiger partial charge < -0.3 is 5.11 Å². The molecule has 1 unspecified atom stereocenters. The number of thiophene rings is 1. The Labute approximate surface area is 112 Å². The summed E-state index contributed by atoms with van der Waals surface area (Å²) in [7, 11) is 0. The molecule has 1 saturated heterocycles. The second kappa shape index (κ2) is 5.12. The lowest BCUT2D eigenvalue weighted by atomic mass is 9.99. The Hall–Kier alpha value is -1.32. The molecule has 1 aliphatic heterocycles. The highest BCUT2D eigenvalue weighted by Crippen LogP contribution is 2.36. The van der Waals surface area contributed by atoms with E-state index in [1.165, 1.54) is 18.4 Å². The topological polar surface area (TPSA) is 23.5 Å². The van der Waals surface area contributed by atoms with Gasteiger partial charge in [-0.25, -0.2) is 0 Å². The third-order valence-electron chi connectivity index (χ3n) is 3.60. The summed E-state index contributed by atoms with van der Waals surface area (Å²) >= 11 is 1.72. The zero-order chi connectivity index (χ0) is 12.4. The van der Waals surface area contributed by atoms with Crippen molar-refractivity contribution in [2.24, 2.45) is 0 Å². The summed E-state index contributed by atoms with van der Waals surface area (Å²) < 4.78 is 0. The van der Waals surface area contributed by atoms with Crippen molar-refractivity contribution in [2.75, 3.05) is 13.1 Å². The van der Waals surface area contributed by atoms with Gasteiger partial charge >= 0.3 is 0 Å². The number of hydrogen-bond acceptors (Lipinski definition) is 3. The molecule has 1 fully saturated rings. The molecule has 2 nitrogen and oxygen atoms in total. The summed E-state index contributed by atoms with van der Waals surface area (Å²) in [4.78, 5) is 2.47. The van der Waals surface area contributed by atoms with Crippen molar-refractivity contribution >= 4 is 11.3 Å². The molecule has 1 aromatic carbocycles. The third kappa shape index (κ3) is 2.16. The molecule has 1 aliphatic rings. The van der Waals surface area contributed by atoms with Gasteiger partial charge in [0.2, 0.25) is 0 Å². The summed E-state index contributed by atoms with van der Waals surface area (Å²) in [5.41, 5.74) is 2.32. The van der Waals surface area contributed by atoms with Crippen molar-refractivity contribution in [2.45, 2.75) is 18.9 Å². The minimum Gasteiger partial charge on any atom is -0.508 e. The van der Waals surface area contributed by atoms with Gasteiger partial charge in [0, 0.05) is 5.56 Å². The molecule has 1 N–H and O–H groups in total. The van der Waals surface area contributed by atoms with Crippen LogP contribution in [0.2, 0.25) is 0 Å². The molecule has 0 bridgehead atoms. The predicted molar refractivity (Wildman–Crippen MR) is 75.1 cm³/mol. The van der Waals surface area contributed by atoms with E-state index in [4.69, 9.17) is 0 Å². The van der Waals surface area contributed by atoms with E-state index in [2.05, 4.69) is 21.7 Å². The fraction of sp³-hybridized carbons (Fsp3) is 0.333. The SMILES string of the molecule is Oc1ccccc1C(c1ccsc1)N1CCCC1. The maximum atomic E-state index is 10.1. The van der Waals surface area contributed by atoms with Gasteiger partial charge in [0.25, 0.3) is 0 Å². The summed E-state index contributed by atoms with van der Waals surface area (Å²) in [6, 6.07) is 10.1. The largest absolute Gasteiger partial charge is 0.508 e. The van der Waals surface area contributed by atoms with E-state index in [-0.39, 0.29) is 6.04 Å². The van der Waals surface area contributed by atoms with Crippen LogP contribution in [0, 0.1) is 0 Å². The number of hydrogen-bond donors (Lipinski definition) is 1. The highest BCUT2D eigenvalue weighted by molar-refractivity contribution is 7.08. The first-order valence-electron chi connectivity index (χ1n) is 6.40. The summed E-state index contributed by atoms with van der Waals surface area (Å²) in [5.74, 6) is 0.403. The first kappa shape index (κ1) is 11.8. The molecule has 18 heavy (non-hydrogen) atoms. The molecule has 0 saturated carbocycles. The Morgan fingerprint density at radius 3 is 2.56 bits per heavy atom. The van der Waals surface area contributed by atoms with Gasteiger partial charge in [0.15, 0.2) is 0 Å². The van der Waals surface area contributed by atoms with Crippen molar-refractivity contribution in [3.8, 4) is 5.75 Å². The Bertz CT molecular complexity index is 503. The molecule has 0 radical (unpaired) electrons. The van der Waals surface area contributed by atoms with Crippen molar-refractivity contribution in [1.82, 2.24) is 4.90 Å². The first-order valence-corrected chi connectivity index (χ1v) is 7.34. The molecule has 3 heteroatoms. The van der Waals surface area contributed by atoms with Crippen LogP contribution in [-0.2, 0) is 0 Å². The fourth-order valence-corrected chi connectivity index (χ4v) is 3.42. The molecule has 2 heterocycles. The molecule has 2 aromatic rings. The van der Waals surface area contributed by atoms with Crippen molar-refractivity contribution in [3.63, 3.8) is 0 Å². The lowest BCUT2D eigenvalue weighted by Crippen LogP contribution is -2.26. The van der Waals surface area contributed by atoms with Crippen molar-refractivity contribution in [1.29, 1.82) is 0 Å². The molecular formula is C15H17NOS. The standard InChI is InChI=1S/C15H17NOS/c17-14-6-2-1-5-13(14)15(12-7-10-18-11-12)16-8-3-4-9-16/h1-2,5-7,10-11,15,17H,3-4,8-9H2. The molecular weight excluding hydrogens is 242 g/mol. The molecule has 0 aliphatic carbocycles. The molecule has 3 rings (SSSR count). The Morgan fingerprint density at radius 1 is 1.11 bits per heavy atom. The maximum absolute atomic E-state index is 10.1. The third-order valence-corrected chi connectivity index (χ3v) is 4.30. The highest BCUT2D eigenvalue weighted by atomic mass is 32.1. The number of phenolic OH excluding ortho intramolecular Hbond substituents is 1. The van der Waals surface area contributed by atoms with E-state index in [0.717, 1.165) is 18.7 Å². The molecule has 94 valence electrons. The number of nitrogens with zero attached hydrogens (tertiary/aromatic N) is 1. The second-order valence-electron chi connectivity index (χ2n) is 4.76. The van der Waals surface area contributed by atoms with E-state index < -0.39 is 0 Å². The van der Waals surface area contributed by atoms with E-state index in [0.29, 0.717) is 5.75 Å². The van der Waals surface area contributed by atoms with Gasteiger partial charge in [-0.2, -0.15) is 11.3 Å². The van der Waals surface area contributed by atoms with E-state index in [1.807, 2.05) is 18.2 Å². The number of aromatic hydroxyl groups is 1. The molecule has 0 spiro atoms. The Morgan fingerprint density at radius 2 is 1.89 bits per heavy atom. The van der Waals surface area contributed by atoms with Crippen LogP contribution in [-0.4, -0.2) is 23.1 Å². The van der Waals surface area contributed by atoms with Gasteiger partial charge in [0.05, 0.1) is 6.04 Å². The minimum absolute atomic E-state index is 0.208.